The lowest BCUT2D eigenvalue weighted by Gasteiger charge is -2.16. The number of fused-ring (bicyclic) bond motifs is 3. The van der Waals surface area contributed by atoms with E-state index >= 15 is 0 Å². The number of hydrogen-bond acceptors (Lipinski definition) is 5. The molecule has 0 radical (unpaired) electrons. The summed E-state index contributed by atoms with van der Waals surface area (Å²) in [5, 5.41) is 24.4. The lowest BCUT2D eigenvalue weighted by atomic mass is 9.98. The van der Waals surface area contributed by atoms with E-state index in [4.69, 9.17) is 4.74 Å². The fourth-order valence-corrected chi connectivity index (χ4v) is 4.28. The highest BCUT2D eigenvalue weighted by Crippen LogP contribution is 2.44. The van der Waals surface area contributed by atoms with E-state index in [1.807, 2.05) is 36.4 Å². The Balaban J connectivity index is 1.25. The summed E-state index contributed by atoms with van der Waals surface area (Å²) in [6, 6.07) is 20.6. The van der Waals surface area contributed by atoms with Gasteiger partial charge in [0.15, 0.2) is 0 Å². The Morgan fingerprint density at radius 3 is 2.23 bits per heavy atom. The Bertz CT molecular complexity index is 1230. The van der Waals surface area contributed by atoms with Gasteiger partial charge in [-0.2, -0.15) is 0 Å². The average molecular weight is 475 g/mol. The molecule has 0 saturated heterocycles. The number of carboxylic acids is 1. The second-order valence-electron chi connectivity index (χ2n) is 8.45. The Morgan fingerprint density at radius 2 is 1.60 bits per heavy atom. The van der Waals surface area contributed by atoms with Crippen LogP contribution in [-0.2, 0) is 9.53 Å². The van der Waals surface area contributed by atoms with Gasteiger partial charge in [0.05, 0.1) is 18.1 Å². The minimum absolute atomic E-state index is 0.0750. The standard InChI is InChI=1S/C27H26N2O6/c1-16-10-11-17(12-23(16)26(32)33)29-25(31)13-18(30)14-28-27(34)35-15-24-21-8-4-2-6-19(21)20-7-3-5-9-22(20)24/h2-12,18,24,30H,13-15H2,1H3,(H,28,34)(H,29,31)(H,32,33). The van der Waals surface area contributed by atoms with E-state index in [1.54, 1.807) is 19.1 Å². The molecule has 8 nitrogen and oxygen atoms in total. The van der Waals surface area contributed by atoms with Crippen LogP contribution in [0, 0.1) is 6.92 Å². The lowest BCUT2D eigenvalue weighted by Crippen LogP contribution is -2.35. The van der Waals surface area contributed by atoms with Gasteiger partial charge in [-0.1, -0.05) is 54.6 Å². The van der Waals surface area contributed by atoms with Crippen molar-refractivity contribution >= 4 is 23.7 Å². The number of alkyl carbamates (subject to hydrolysis) is 1. The average Bonchev–Trinajstić information content (AvgIpc) is 3.16. The molecule has 0 heterocycles. The molecule has 4 rings (SSSR count). The van der Waals surface area contributed by atoms with Crippen molar-refractivity contribution in [1.29, 1.82) is 0 Å². The molecule has 0 aromatic heterocycles. The third-order valence-electron chi connectivity index (χ3n) is 6.00. The number of carbonyl (C=O) groups excluding carboxylic acids is 2. The maximum atomic E-state index is 12.2. The lowest BCUT2D eigenvalue weighted by molar-refractivity contribution is -0.118. The zero-order valence-corrected chi connectivity index (χ0v) is 19.2. The highest BCUT2D eigenvalue weighted by Gasteiger charge is 2.29. The molecular formula is C27H26N2O6. The van der Waals surface area contributed by atoms with Crippen LogP contribution in [0.2, 0.25) is 0 Å². The van der Waals surface area contributed by atoms with Gasteiger partial charge >= 0.3 is 12.1 Å². The van der Waals surface area contributed by atoms with Crippen molar-refractivity contribution in [2.75, 3.05) is 18.5 Å². The van der Waals surface area contributed by atoms with Crippen molar-refractivity contribution in [1.82, 2.24) is 5.32 Å². The third-order valence-corrected chi connectivity index (χ3v) is 6.00. The van der Waals surface area contributed by atoms with Crippen molar-refractivity contribution in [2.45, 2.75) is 25.4 Å². The SMILES string of the molecule is Cc1ccc(NC(=O)CC(O)CNC(=O)OCC2c3ccccc3-c3ccccc32)cc1C(=O)O. The van der Waals surface area contributed by atoms with E-state index in [0.29, 0.717) is 11.3 Å². The zero-order chi connectivity index (χ0) is 24.9. The Hall–Kier alpha value is -4.17. The first-order chi connectivity index (χ1) is 16.8. The van der Waals surface area contributed by atoms with Crippen LogP contribution in [0.1, 0.15) is 39.4 Å². The molecule has 3 aromatic rings. The van der Waals surface area contributed by atoms with Crippen LogP contribution in [0.25, 0.3) is 11.1 Å². The van der Waals surface area contributed by atoms with Crippen molar-refractivity contribution in [3.05, 3.63) is 89.0 Å². The second-order valence-corrected chi connectivity index (χ2v) is 8.45. The van der Waals surface area contributed by atoms with Crippen LogP contribution >= 0.6 is 0 Å². The number of amides is 2. The predicted molar refractivity (Wildman–Crippen MR) is 130 cm³/mol. The van der Waals surface area contributed by atoms with Crippen LogP contribution < -0.4 is 10.6 Å². The normalized spacial score (nSPS) is 12.9. The van der Waals surface area contributed by atoms with E-state index in [0.717, 1.165) is 22.3 Å². The number of carboxylic acid groups (broad SMARTS) is 1. The molecule has 0 aliphatic heterocycles. The molecule has 35 heavy (non-hydrogen) atoms. The molecule has 4 N–H and O–H groups in total. The largest absolute Gasteiger partial charge is 0.478 e. The minimum atomic E-state index is -1.14. The highest BCUT2D eigenvalue weighted by molar-refractivity contribution is 5.95. The number of hydrogen-bond donors (Lipinski definition) is 4. The molecule has 1 aliphatic carbocycles. The van der Waals surface area contributed by atoms with Crippen LogP contribution in [0.15, 0.2) is 66.7 Å². The Labute approximate surface area is 202 Å². The molecule has 8 heteroatoms. The topological polar surface area (TPSA) is 125 Å². The van der Waals surface area contributed by atoms with Crippen LogP contribution in [0.4, 0.5) is 10.5 Å². The molecule has 0 fully saturated rings. The number of aromatic carboxylic acids is 1. The number of carbonyl (C=O) groups is 3. The number of ether oxygens (including phenoxy) is 1. The van der Waals surface area contributed by atoms with Gasteiger partial charge in [-0.05, 0) is 46.9 Å². The Morgan fingerprint density at radius 1 is 0.971 bits per heavy atom. The number of aryl methyl sites for hydroxylation is 1. The van der Waals surface area contributed by atoms with Crippen LogP contribution in [0.5, 0.6) is 0 Å². The van der Waals surface area contributed by atoms with E-state index < -0.39 is 24.1 Å². The monoisotopic (exact) mass is 474 g/mol. The summed E-state index contributed by atoms with van der Waals surface area (Å²) in [6.45, 7) is 1.64. The first-order valence-corrected chi connectivity index (χ1v) is 11.2. The van der Waals surface area contributed by atoms with E-state index in [-0.39, 0.29) is 31.1 Å². The molecule has 0 saturated carbocycles. The number of nitrogens with one attached hydrogen (secondary N) is 2. The molecule has 2 amide bonds. The van der Waals surface area contributed by atoms with Gasteiger partial charge in [0.2, 0.25) is 5.91 Å². The summed E-state index contributed by atoms with van der Waals surface area (Å²) >= 11 is 0. The molecule has 0 bridgehead atoms. The zero-order valence-electron chi connectivity index (χ0n) is 19.2. The summed E-state index contributed by atoms with van der Waals surface area (Å²) in [5.41, 5.74) is 5.42. The summed E-state index contributed by atoms with van der Waals surface area (Å²) in [4.78, 5) is 35.7. The number of aliphatic hydroxyl groups excluding tert-OH is 1. The molecule has 1 unspecified atom stereocenters. The number of rotatable bonds is 8. The summed E-state index contributed by atoms with van der Waals surface area (Å²) < 4.78 is 5.42. The molecule has 3 aromatic carbocycles. The van der Waals surface area contributed by atoms with Crippen LogP contribution in [0.3, 0.4) is 0 Å². The van der Waals surface area contributed by atoms with Crippen molar-refractivity contribution in [3.8, 4) is 11.1 Å². The molecule has 0 spiro atoms. The maximum absolute atomic E-state index is 12.2. The van der Waals surface area contributed by atoms with E-state index in [1.165, 1.54) is 6.07 Å². The first kappa shape index (κ1) is 24.0. The van der Waals surface area contributed by atoms with Gasteiger partial charge in [-0.25, -0.2) is 9.59 Å². The summed E-state index contributed by atoms with van der Waals surface area (Å²) in [5.74, 6) is -1.67. The molecule has 1 atom stereocenters. The quantitative estimate of drug-likeness (QED) is 0.392. The molecule has 1 aliphatic rings. The highest BCUT2D eigenvalue weighted by atomic mass is 16.5. The minimum Gasteiger partial charge on any atom is -0.478 e. The van der Waals surface area contributed by atoms with Gasteiger partial charge < -0.3 is 25.6 Å². The summed E-state index contributed by atoms with van der Waals surface area (Å²) in [6.07, 6.45) is -2.10. The van der Waals surface area contributed by atoms with Gasteiger partial charge in [-0.15, -0.1) is 0 Å². The fraction of sp³-hybridized carbons (Fsp3) is 0.222. The number of benzene rings is 3. The first-order valence-electron chi connectivity index (χ1n) is 11.2. The second kappa shape index (κ2) is 10.4. The van der Waals surface area contributed by atoms with Gasteiger partial charge in [0, 0.05) is 18.2 Å². The molecular weight excluding hydrogens is 448 g/mol. The third kappa shape index (κ3) is 5.50. The van der Waals surface area contributed by atoms with Gasteiger partial charge in [0.1, 0.15) is 6.61 Å². The van der Waals surface area contributed by atoms with Crippen molar-refractivity contribution in [3.63, 3.8) is 0 Å². The smallest absolute Gasteiger partial charge is 0.407 e. The Kier molecular flexibility index (Phi) is 7.12. The van der Waals surface area contributed by atoms with E-state index in [2.05, 4.69) is 22.8 Å². The van der Waals surface area contributed by atoms with Crippen molar-refractivity contribution < 1.29 is 29.3 Å². The summed E-state index contributed by atoms with van der Waals surface area (Å²) in [7, 11) is 0. The predicted octanol–water partition coefficient (Wildman–Crippen LogP) is 3.92. The molecule has 180 valence electrons. The van der Waals surface area contributed by atoms with Gasteiger partial charge in [-0.3, -0.25) is 4.79 Å². The van der Waals surface area contributed by atoms with E-state index in [9.17, 15) is 24.6 Å². The number of anilines is 1. The fourth-order valence-electron chi connectivity index (χ4n) is 4.28. The maximum Gasteiger partial charge on any atom is 0.407 e. The number of aliphatic hydroxyl groups is 1. The van der Waals surface area contributed by atoms with Crippen molar-refractivity contribution in [2.24, 2.45) is 0 Å². The van der Waals surface area contributed by atoms with Gasteiger partial charge in [0.25, 0.3) is 0 Å². The van der Waals surface area contributed by atoms with Crippen LogP contribution in [-0.4, -0.2) is 47.4 Å².